The van der Waals surface area contributed by atoms with Gasteiger partial charge < -0.3 is 20.6 Å². The van der Waals surface area contributed by atoms with Gasteiger partial charge in [-0.25, -0.2) is 4.79 Å². The highest BCUT2D eigenvalue weighted by atomic mass is 16.3. The Bertz CT molecular complexity index is 627. The van der Waals surface area contributed by atoms with Gasteiger partial charge in [-0.15, -0.1) is 0 Å². The van der Waals surface area contributed by atoms with Gasteiger partial charge in [0.05, 0.1) is 6.10 Å². The normalized spacial score (nSPS) is 11.6. The Morgan fingerprint density at radius 2 is 1.67 bits per heavy atom. The zero-order valence-electron chi connectivity index (χ0n) is 14.2. The number of aliphatic hydroxyl groups is 1. The predicted octanol–water partition coefficient (Wildman–Crippen LogP) is 2.16. The van der Waals surface area contributed by atoms with Gasteiger partial charge in [-0.2, -0.15) is 0 Å². The van der Waals surface area contributed by atoms with Crippen LogP contribution in [0.4, 0.5) is 10.5 Å². The highest BCUT2D eigenvalue weighted by Crippen LogP contribution is 2.11. The number of nitrogens with one attached hydrogen (secondary N) is 2. The number of urea groups is 1. The van der Waals surface area contributed by atoms with Gasteiger partial charge in [-0.1, -0.05) is 42.5 Å². The highest BCUT2D eigenvalue weighted by Gasteiger charge is 2.08. The lowest BCUT2D eigenvalue weighted by Gasteiger charge is -2.14. The van der Waals surface area contributed by atoms with Crippen LogP contribution < -0.4 is 15.5 Å². The largest absolute Gasteiger partial charge is 0.391 e. The molecule has 1 atom stereocenters. The summed E-state index contributed by atoms with van der Waals surface area (Å²) in [6.07, 6.45) is -0.0786. The van der Waals surface area contributed by atoms with Gasteiger partial charge in [0.1, 0.15) is 0 Å². The molecule has 2 rings (SSSR count). The number of hydrogen-bond donors (Lipinski definition) is 3. The first-order valence-corrected chi connectivity index (χ1v) is 8.04. The van der Waals surface area contributed by atoms with Gasteiger partial charge >= 0.3 is 6.03 Å². The van der Waals surface area contributed by atoms with Gasteiger partial charge in [0.2, 0.25) is 0 Å². The molecule has 5 nitrogen and oxygen atoms in total. The van der Waals surface area contributed by atoms with E-state index in [0.717, 1.165) is 16.8 Å². The first kappa shape index (κ1) is 17.8. The van der Waals surface area contributed by atoms with E-state index in [0.29, 0.717) is 13.0 Å². The Balaban J connectivity index is 1.69. The maximum absolute atomic E-state index is 11.8. The van der Waals surface area contributed by atoms with E-state index in [9.17, 15) is 9.90 Å². The van der Waals surface area contributed by atoms with Crippen LogP contribution in [-0.2, 0) is 13.0 Å². The lowest BCUT2D eigenvalue weighted by Crippen LogP contribution is -2.39. The molecule has 0 heterocycles. The molecule has 0 spiro atoms. The Morgan fingerprint density at radius 3 is 2.29 bits per heavy atom. The molecule has 3 N–H and O–H groups in total. The molecule has 2 aromatic carbocycles. The van der Waals surface area contributed by atoms with Crippen molar-refractivity contribution in [2.24, 2.45) is 0 Å². The van der Waals surface area contributed by atoms with E-state index in [1.54, 1.807) is 0 Å². The van der Waals surface area contributed by atoms with Crippen LogP contribution >= 0.6 is 0 Å². The first-order chi connectivity index (χ1) is 11.5. The highest BCUT2D eigenvalue weighted by molar-refractivity contribution is 5.73. The minimum absolute atomic E-state index is 0.223. The lowest BCUT2D eigenvalue weighted by atomic mass is 10.1. The first-order valence-electron chi connectivity index (χ1n) is 8.04. The number of amides is 2. The number of nitrogens with zero attached hydrogens (tertiary/aromatic N) is 1. The summed E-state index contributed by atoms with van der Waals surface area (Å²) in [6, 6.07) is 17.4. The summed E-state index contributed by atoms with van der Waals surface area (Å²) in [5.41, 5.74) is 3.20. The molecule has 128 valence electrons. The molecule has 1 unspecified atom stereocenters. The van der Waals surface area contributed by atoms with E-state index < -0.39 is 6.10 Å². The van der Waals surface area contributed by atoms with Crippen molar-refractivity contribution < 1.29 is 9.90 Å². The number of anilines is 1. The molecular weight excluding hydrogens is 302 g/mol. The Kier molecular flexibility index (Phi) is 6.63. The van der Waals surface area contributed by atoms with E-state index in [1.807, 2.05) is 73.6 Å². The molecule has 0 aliphatic rings. The quantitative estimate of drug-likeness (QED) is 0.730. The summed E-state index contributed by atoms with van der Waals surface area (Å²) in [6.45, 7) is 0.675. The van der Waals surface area contributed by atoms with Crippen molar-refractivity contribution >= 4 is 11.7 Å². The molecule has 0 fully saturated rings. The van der Waals surface area contributed by atoms with Gasteiger partial charge in [0.25, 0.3) is 0 Å². The standard InChI is InChI=1S/C19H25N3O2/c1-22(2)17-10-8-16(9-11-17)13-20-19(24)21-14-18(23)12-15-6-4-3-5-7-15/h3-11,18,23H,12-14H2,1-2H3,(H2,20,21,24). The van der Waals surface area contributed by atoms with E-state index in [4.69, 9.17) is 0 Å². The van der Waals surface area contributed by atoms with Crippen molar-refractivity contribution in [1.82, 2.24) is 10.6 Å². The summed E-state index contributed by atoms with van der Waals surface area (Å²) < 4.78 is 0. The van der Waals surface area contributed by atoms with Crippen LogP contribution in [0, 0.1) is 0 Å². The molecule has 24 heavy (non-hydrogen) atoms. The molecule has 2 aromatic rings. The van der Waals surface area contributed by atoms with Crippen molar-refractivity contribution in [3.63, 3.8) is 0 Å². The average molecular weight is 327 g/mol. The zero-order chi connectivity index (χ0) is 17.4. The Labute approximate surface area is 143 Å². The van der Waals surface area contributed by atoms with Crippen molar-refractivity contribution in [2.45, 2.75) is 19.1 Å². The minimum atomic E-state index is -0.600. The van der Waals surface area contributed by atoms with Crippen molar-refractivity contribution in [1.29, 1.82) is 0 Å². The maximum Gasteiger partial charge on any atom is 0.315 e. The lowest BCUT2D eigenvalue weighted by molar-refractivity contribution is 0.170. The zero-order valence-corrected chi connectivity index (χ0v) is 14.2. The SMILES string of the molecule is CN(C)c1ccc(CNC(=O)NCC(O)Cc2ccccc2)cc1. The molecular formula is C19H25N3O2. The van der Waals surface area contributed by atoms with Gasteiger partial charge in [0.15, 0.2) is 0 Å². The smallest absolute Gasteiger partial charge is 0.315 e. The van der Waals surface area contributed by atoms with E-state index in [1.165, 1.54) is 0 Å². The number of aliphatic hydroxyl groups excluding tert-OH is 1. The van der Waals surface area contributed by atoms with Crippen molar-refractivity contribution in [3.05, 3.63) is 65.7 Å². The van der Waals surface area contributed by atoms with Crippen LogP contribution in [0.2, 0.25) is 0 Å². The fourth-order valence-corrected chi connectivity index (χ4v) is 2.33. The van der Waals surface area contributed by atoms with Crippen LogP contribution in [0.15, 0.2) is 54.6 Å². The topological polar surface area (TPSA) is 64.6 Å². The average Bonchev–Trinajstić information content (AvgIpc) is 2.59. The molecule has 0 aliphatic heterocycles. The van der Waals surface area contributed by atoms with Crippen LogP contribution in [0.1, 0.15) is 11.1 Å². The number of carbonyl (C=O) groups is 1. The van der Waals surface area contributed by atoms with Crippen LogP contribution in [-0.4, -0.2) is 37.9 Å². The van der Waals surface area contributed by atoms with Gasteiger partial charge in [-0.05, 0) is 23.3 Å². The Hall–Kier alpha value is -2.53. The second-order valence-electron chi connectivity index (χ2n) is 5.97. The maximum atomic E-state index is 11.8. The number of rotatable bonds is 7. The predicted molar refractivity (Wildman–Crippen MR) is 97.2 cm³/mol. The third kappa shape index (κ3) is 5.93. The second kappa shape index (κ2) is 8.93. The number of benzene rings is 2. The van der Waals surface area contributed by atoms with E-state index in [2.05, 4.69) is 10.6 Å². The summed E-state index contributed by atoms with van der Waals surface area (Å²) >= 11 is 0. The number of carbonyl (C=O) groups excluding carboxylic acids is 1. The molecule has 2 amide bonds. The summed E-state index contributed by atoms with van der Waals surface area (Å²) in [7, 11) is 3.98. The molecule has 0 aliphatic carbocycles. The Morgan fingerprint density at radius 1 is 1.00 bits per heavy atom. The fraction of sp³-hybridized carbons (Fsp3) is 0.316. The van der Waals surface area contributed by atoms with Crippen molar-refractivity contribution in [3.8, 4) is 0 Å². The molecule has 0 bridgehead atoms. The van der Waals surface area contributed by atoms with Crippen LogP contribution in [0.5, 0.6) is 0 Å². The fourth-order valence-electron chi connectivity index (χ4n) is 2.33. The summed E-state index contributed by atoms with van der Waals surface area (Å²) in [4.78, 5) is 13.8. The minimum Gasteiger partial charge on any atom is -0.391 e. The molecule has 0 radical (unpaired) electrons. The number of hydrogen-bond acceptors (Lipinski definition) is 3. The molecule has 0 aromatic heterocycles. The van der Waals surface area contributed by atoms with E-state index in [-0.39, 0.29) is 12.6 Å². The van der Waals surface area contributed by atoms with Gasteiger partial charge in [-0.3, -0.25) is 0 Å². The second-order valence-corrected chi connectivity index (χ2v) is 5.97. The monoisotopic (exact) mass is 327 g/mol. The summed E-state index contributed by atoms with van der Waals surface area (Å²) in [5.74, 6) is 0. The molecule has 0 saturated heterocycles. The molecule has 5 heteroatoms. The third-order valence-corrected chi connectivity index (χ3v) is 3.72. The van der Waals surface area contributed by atoms with Crippen molar-refractivity contribution in [2.75, 3.05) is 25.5 Å². The third-order valence-electron chi connectivity index (χ3n) is 3.72. The van der Waals surface area contributed by atoms with Gasteiger partial charge in [0, 0.05) is 39.3 Å². The summed E-state index contributed by atoms with van der Waals surface area (Å²) in [5, 5.41) is 15.5. The van der Waals surface area contributed by atoms with Crippen LogP contribution in [0.3, 0.4) is 0 Å². The molecule has 0 saturated carbocycles. The van der Waals surface area contributed by atoms with Crippen LogP contribution in [0.25, 0.3) is 0 Å². The van der Waals surface area contributed by atoms with E-state index >= 15 is 0 Å².